The molecule has 0 saturated heterocycles. The van der Waals surface area contributed by atoms with E-state index in [0.717, 1.165) is 32.4 Å². The number of nitrogens with one attached hydrogen (secondary N) is 2. The largest absolute Gasteiger partial charge is 0.385 e. The topological polar surface area (TPSA) is 63.2 Å². The van der Waals surface area contributed by atoms with Crippen LogP contribution in [0, 0.1) is 5.41 Å². The molecule has 1 amide bonds. The quantitative estimate of drug-likeness (QED) is 0.775. The molecule has 0 aromatic carbocycles. The number of pyridine rings is 1. The van der Waals surface area contributed by atoms with Crippen molar-refractivity contribution in [1.82, 2.24) is 10.3 Å². The normalized spacial score (nSPS) is 15.6. The second-order valence-corrected chi connectivity index (χ2v) is 5.91. The molecule has 1 saturated carbocycles. The van der Waals surface area contributed by atoms with E-state index in [-0.39, 0.29) is 11.3 Å². The van der Waals surface area contributed by atoms with E-state index in [0.29, 0.717) is 22.9 Å². The maximum atomic E-state index is 12.3. The average molecular weight is 312 g/mol. The van der Waals surface area contributed by atoms with Gasteiger partial charge in [-0.15, -0.1) is 0 Å². The van der Waals surface area contributed by atoms with Crippen LogP contribution in [0.2, 0.25) is 5.02 Å². The number of rotatable bonds is 8. The molecule has 5 nitrogen and oxygen atoms in total. The van der Waals surface area contributed by atoms with Crippen LogP contribution >= 0.6 is 11.6 Å². The number of amides is 1. The van der Waals surface area contributed by atoms with Gasteiger partial charge in [0.2, 0.25) is 0 Å². The number of carbonyl (C=O) groups is 1. The van der Waals surface area contributed by atoms with Crippen LogP contribution < -0.4 is 10.6 Å². The summed E-state index contributed by atoms with van der Waals surface area (Å²) >= 11 is 6.07. The van der Waals surface area contributed by atoms with Crippen molar-refractivity contribution < 1.29 is 9.53 Å². The molecule has 2 N–H and O–H groups in total. The number of aromatic nitrogens is 1. The molecule has 1 heterocycles. The number of carbonyl (C=O) groups excluding carboxylic acids is 1. The molecule has 1 aromatic heterocycles. The number of ether oxygens (including phenoxy) is 1. The van der Waals surface area contributed by atoms with Crippen molar-refractivity contribution in [2.75, 3.05) is 32.1 Å². The lowest BCUT2D eigenvalue weighted by Gasteiger charge is -2.16. The van der Waals surface area contributed by atoms with Gasteiger partial charge in [0.25, 0.3) is 5.91 Å². The van der Waals surface area contributed by atoms with Gasteiger partial charge < -0.3 is 15.4 Å². The van der Waals surface area contributed by atoms with E-state index in [1.165, 1.54) is 6.20 Å². The SMILES string of the molecule is CCNc1cc(C(=O)NCC2(CCOC)CC2)c(Cl)cn1. The van der Waals surface area contributed by atoms with Gasteiger partial charge in [0.15, 0.2) is 0 Å². The lowest BCUT2D eigenvalue weighted by Crippen LogP contribution is -2.31. The minimum atomic E-state index is -0.148. The number of anilines is 1. The standard InChI is InChI=1S/C15H22ClN3O2/c1-3-17-13-8-11(12(16)9-18-13)14(20)19-10-15(4-5-15)6-7-21-2/h8-9H,3-7,10H2,1-2H3,(H,17,18)(H,19,20). The van der Waals surface area contributed by atoms with Gasteiger partial charge in [-0.3, -0.25) is 4.79 Å². The van der Waals surface area contributed by atoms with Crippen molar-refractivity contribution in [3.8, 4) is 0 Å². The number of hydrogen-bond donors (Lipinski definition) is 2. The Bertz CT molecular complexity index is 504. The Kier molecular flexibility index (Phi) is 5.42. The van der Waals surface area contributed by atoms with Crippen molar-refractivity contribution >= 4 is 23.3 Å². The molecule has 6 heteroatoms. The average Bonchev–Trinajstić information content (AvgIpc) is 3.25. The lowest BCUT2D eigenvalue weighted by molar-refractivity contribution is 0.0938. The van der Waals surface area contributed by atoms with Gasteiger partial charge in [-0.2, -0.15) is 0 Å². The van der Waals surface area contributed by atoms with E-state index in [2.05, 4.69) is 15.6 Å². The molecule has 0 unspecified atom stereocenters. The highest BCUT2D eigenvalue weighted by molar-refractivity contribution is 6.33. The Morgan fingerprint density at radius 2 is 2.29 bits per heavy atom. The smallest absolute Gasteiger partial charge is 0.253 e. The summed E-state index contributed by atoms with van der Waals surface area (Å²) in [6, 6.07) is 1.69. The minimum absolute atomic E-state index is 0.148. The molecule has 1 fully saturated rings. The fourth-order valence-corrected chi connectivity index (χ4v) is 2.45. The first-order valence-corrected chi connectivity index (χ1v) is 7.64. The Balaban J connectivity index is 1.95. The number of methoxy groups -OCH3 is 1. The van der Waals surface area contributed by atoms with E-state index >= 15 is 0 Å². The Labute approximate surface area is 130 Å². The predicted octanol–water partition coefficient (Wildman–Crippen LogP) is 2.71. The van der Waals surface area contributed by atoms with Crippen molar-refractivity contribution in [3.63, 3.8) is 0 Å². The second-order valence-electron chi connectivity index (χ2n) is 5.51. The highest BCUT2D eigenvalue weighted by Gasteiger charge is 2.42. The van der Waals surface area contributed by atoms with E-state index < -0.39 is 0 Å². The highest BCUT2D eigenvalue weighted by atomic mass is 35.5. The molecule has 2 rings (SSSR count). The van der Waals surface area contributed by atoms with Crippen LogP contribution in [0.4, 0.5) is 5.82 Å². The minimum Gasteiger partial charge on any atom is -0.385 e. The summed E-state index contributed by atoms with van der Waals surface area (Å²) in [4.78, 5) is 16.4. The van der Waals surface area contributed by atoms with Crippen LogP contribution in [0.1, 0.15) is 36.5 Å². The molecular weight excluding hydrogens is 290 g/mol. The fourth-order valence-electron chi connectivity index (χ4n) is 2.26. The van der Waals surface area contributed by atoms with E-state index in [9.17, 15) is 4.79 Å². The Hall–Kier alpha value is -1.33. The van der Waals surface area contributed by atoms with Crippen LogP contribution in [0.25, 0.3) is 0 Å². The molecule has 0 radical (unpaired) electrons. The lowest BCUT2D eigenvalue weighted by atomic mass is 10.0. The third-order valence-corrected chi connectivity index (χ3v) is 4.18. The first-order valence-electron chi connectivity index (χ1n) is 7.27. The molecule has 0 spiro atoms. The van der Waals surface area contributed by atoms with Crippen molar-refractivity contribution in [2.45, 2.75) is 26.2 Å². The maximum absolute atomic E-state index is 12.3. The summed E-state index contributed by atoms with van der Waals surface area (Å²) in [6.45, 7) is 4.12. The molecule has 1 aromatic rings. The summed E-state index contributed by atoms with van der Waals surface area (Å²) in [6.07, 6.45) is 4.77. The second kappa shape index (κ2) is 7.09. The van der Waals surface area contributed by atoms with E-state index in [1.54, 1.807) is 13.2 Å². The molecule has 0 aliphatic heterocycles. The zero-order chi connectivity index (χ0) is 15.3. The monoisotopic (exact) mass is 311 g/mol. The number of halogens is 1. The van der Waals surface area contributed by atoms with Gasteiger partial charge in [0.1, 0.15) is 5.82 Å². The summed E-state index contributed by atoms with van der Waals surface area (Å²) in [5, 5.41) is 6.43. The molecule has 0 bridgehead atoms. The number of hydrogen-bond acceptors (Lipinski definition) is 4. The summed E-state index contributed by atoms with van der Waals surface area (Å²) in [7, 11) is 1.70. The Morgan fingerprint density at radius 1 is 1.52 bits per heavy atom. The molecule has 0 atom stereocenters. The molecule has 1 aliphatic carbocycles. The van der Waals surface area contributed by atoms with Gasteiger partial charge in [-0.05, 0) is 37.7 Å². The predicted molar refractivity (Wildman–Crippen MR) is 83.9 cm³/mol. The van der Waals surface area contributed by atoms with Gasteiger partial charge in [-0.25, -0.2) is 4.98 Å². The van der Waals surface area contributed by atoms with Crippen LogP contribution in [-0.4, -0.2) is 37.7 Å². The zero-order valence-corrected chi connectivity index (χ0v) is 13.3. The van der Waals surface area contributed by atoms with Gasteiger partial charge in [0.05, 0.1) is 10.6 Å². The highest BCUT2D eigenvalue weighted by Crippen LogP contribution is 2.48. The Morgan fingerprint density at radius 3 is 2.90 bits per heavy atom. The summed E-state index contributed by atoms with van der Waals surface area (Å²) < 4.78 is 5.12. The van der Waals surface area contributed by atoms with Crippen molar-refractivity contribution in [3.05, 3.63) is 22.8 Å². The maximum Gasteiger partial charge on any atom is 0.253 e. The molecule has 21 heavy (non-hydrogen) atoms. The fraction of sp³-hybridized carbons (Fsp3) is 0.600. The van der Waals surface area contributed by atoms with Crippen LogP contribution in [-0.2, 0) is 4.74 Å². The first kappa shape index (κ1) is 16.0. The van der Waals surface area contributed by atoms with Crippen LogP contribution in [0.3, 0.4) is 0 Å². The van der Waals surface area contributed by atoms with E-state index in [4.69, 9.17) is 16.3 Å². The van der Waals surface area contributed by atoms with Crippen LogP contribution in [0.15, 0.2) is 12.3 Å². The molecular formula is C15H22ClN3O2. The van der Waals surface area contributed by atoms with Gasteiger partial charge in [-0.1, -0.05) is 11.6 Å². The summed E-state index contributed by atoms with van der Waals surface area (Å²) in [5.74, 6) is 0.512. The van der Waals surface area contributed by atoms with Crippen molar-refractivity contribution in [1.29, 1.82) is 0 Å². The first-order chi connectivity index (χ1) is 10.1. The van der Waals surface area contributed by atoms with Gasteiger partial charge >= 0.3 is 0 Å². The van der Waals surface area contributed by atoms with E-state index in [1.807, 2.05) is 6.92 Å². The molecule has 116 valence electrons. The van der Waals surface area contributed by atoms with Crippen LogP contribution in [0.5, 0.6) is 0 Å². The van der Waals surface area contributed by atoms with Crippen molar-refractivity contribution in [2.24, 2.45) is 5.41 Å². The summed E-state index contributed by atoms with van der Waals surface area (Å²) in [5.41, 5.74) is 0.681. The molecule has 1 aliphatic rings. The van der Waals surface area contributed by atoms with Gasteiger partial charge in [0, 0.05) is 33.0 Å². The third kappa shape index (κ3) is 4.32. The zero-order valence-electron chi connectivity index (χ0n) is 12.5. The number of nitrogens with zero attached hydrogens (tertiary/aromatic N) is 1. The third-order valence-electron chi connectivity index (χ3n) is 3.88.